The van der Waals surface area contributed by atoms with E-state index in [9.17, 15) is 13.6 Å². The van der Waals surface area contributed by atoms with E-state index < -0.39 is 6.61 Å². The van der Waals surface area contributed by atoms with Gasteiger partial charge in [-0.15, -0.1) is 0 Å². The fourth-order valence-electron chi connectivity index (χ4n) is 2.14. The number of nitrogens with one attached hydrogen (secondary N) is 1. The van der Waals surface area contributed by atoms with E-state index in [0.717, 1.165) is 11.1 Å². The molecule has 1 atom stereocenters. The van der Waals surface area contributed by atoms with Crippen molar-refractivity contribution in [1.29, 1.82) is 0 Å². The number of aromatic nitrogens is 1. The SMILES string of the molecule is CC(NC(=O)CCc1ccc(OC(F)F)cc1)c1ccncc1. The van der Waals surface area contributed by atoms with Crippen LogP contribution < -0.4 is 10.1 Å². The number of hydrogen-bond acceptors (Lipinski definition) is 3. The molecule has 0 aliphatic carbocycles. The molecular formula is C17H18F2N2O2. The molecule has 2 aromatic rings. The van der Waals surface area contributed by atoms with Gasteiger partial charge in [0.15, 0.2) is 0 Å². The van der Waals surface area contributed by atoms with Crippen LogP contribution in [0.25, 0.3) is 0 Å². The number of pyridine rings is 1. The van der Waals surface area contributed by atoms with Gasteiger partial charge in [0, 0.05) is 18.8 Å². The topological polar surface area (TPSA) is 51.2 Å². The lowest BCUT2D eigenvalue weighted by molar-refractivity contribution is -0.121. The highest BCUT2D eigenvalue weighted by Crippen LogP contribution is 2.16. The van der Waals surface area contributed by atoms with Crippen LogP contribution in [0.4, 0.5) is 8.78 Å². The maximum absolute atomic E-state index is 12.1. The summed E-state index contributed by atoms with van der Waals surface area (Å²) in [4.78, 5) is 15.9. The first-order valence-corrected chi connectivity index (χ1v) is 7.27. The Hall–Kier alpha value is -2.50. The van der Waals surface area contributed by atoms with E-state index in [-0.39, 0.29) is 17.7 Å². The number of alkyl halides is 2. The van der Waals surface area contributed by atoms with Crippen molar-refractivity contribution in [3.05, 3.63) is 59.9 Å². The van der Waals surface area contributed by atoms with E-state index >= 15 is 0 Å². The molecule has 1 N–H and O–H groups in total. The zero-order valence-electron chi connectivity index (χ0n) is 12.7. The number of amides is 1. The fourth-order valence-corrected chi connectivity index (χ4v) is 2.14. The second-order valence-corrected chi connectivity index (χ2v) is 5.09. The van der Waals surface area contributed by atoms with Crippen LogP contribution in [-0.2, 0) is 11.2 Å². The van der Waals surface area contributed by atoms with Crippen molar-refractivity contribution in [3.63, 3.8) is 0 Å². The van der Waals surface area contributed by atoms with Gasteiger partial charge in [-0.3, -0.25) is 9.78 Å². The molecular weight excluding hydrogens is 302 g/mol. The van der Waals surface area contributed by atoms with Crippen molar-refractivity contribution < 1.29 is 18.3 Å². The Kier molecular flexibility index (Phi) is 6.02. The number of halogens is 2. The first-order chi connectivity index (χ1) is 11.0. The number of nitrogens with zero attached hydrogens (tertiary/aromatic N) is 1. The van der Waals surface area contributed by atoms with Gasteiger partial charge < -0.3 is 10.1 Å². The molecule has 1 heterocycles. The van der Waals surface area contributed by atoms with Crippen LogP contribution in [0.2, 0.25) is 0 Å². The second kappa shape index (κ2) is 8.22. The summed E-state index contributed by atoms with van der Waals surface area (Å²) in [6.45, 7) is -0.926. The standard InChI is InChI=1S/C17H18F2N2O2/c1-12(14-8-10-20-11-9-14)21-16(22)7-4-13-2-5-15(6-3-13)23-17(18)19/h2-3,5-6,8-12,17H,4,7H2,1H3,(H,21,22). The van der Waals surface area contributed by atoms with E-state index in [1.54, 1.807) is 24.5 Å². The van der Waals surface area contributed by atoms with Crippen LogP contribution in [0.3, 0.4) is 0 Å². The summed E-state index contributed by atoms with van der Waals surface area (Å²) in [6.07, 6.45) is 4.22. The van der Waals surface area contributed by atoms with Crippen LogP contribution >= 0.6 is 0 Å². The fraction of sp³-hybridized carbons (Fsp3) is 0.294. The Balaban J connectivity index is 1.80. The predicted octanol–water partition coefficient (Wildman–Crippen LogP) is 3.49. The summed E-state index contributed by atoms with van der Waals surface area (Å²) < 4.78 is 28.4. The van der Waals surface area contributed by atoms with Crippen molar-refractivity contribution in [2.45, 2.75) is 32.4 Å². The molecule has 1 aromatic heterocycles. The molecule has 0 saturated heterocycles. The zero-order chi connectivity index (χ0) is 16.7. The second-order valence-electron chi connectivity index (χ2n) is 5.09. The van der Waals surface area contributed by atoms with Gasteiger partial charge in [0.2, 0.25) is 5.91 Å². The van der Waals surface area contributed by atoms with E-state index in [2.05, 4.69) is 15.0 Å². The van der Waals surface area contributed by atoms with Gasteiger partial charge in [-0.25, -0.2) is 0 Å². The molecule has 6 heteroatoms. The molecule has 0 aliphatic rings. The molecule has 122 valence electrons. The number of benzene rings is 1. The van der Waals surface area contributed by atoms with Gasteiger partial charge in [-0.1, -0.05) is 12.1 Å². The first-order valence-electron chi connectivity index (χ1n) is 7.27. The number of aryl methyl sites for hydroxylation is 1. The number of carbonyl (C=O) groups excluding carboxylic acids is 1. The molecule has 0 bridgehead atoms. The van der Waals surface area contributed by atoms with Gasteiger partial charge >= 0.3 is 6.61 Å². The van der Waals surface area contributed by atoms with Gasteiger partial charge in [0.05, 0.1) is 6.04 Å². The lowest BCUT2D eigenvalue weighted by Crippen LogP contribution is -2.26. The molecule has 0 aliphatic heterocycles. The monoisotopic (exact) mass is 320 g/mol. The highest BCUT2D eigenvalue weighted by atomic mass is 19.3. The van der Waals surface area contributed by atoms with Crippen molar-refractivity contribution in [2.75, 3.05) is 0 Å². The average molecular weight is 320 g/mol. The van der Waals surface area contributed by atoms with Crippen LogP contribution in [0, 0.1) is 0 Å². The third-order valence-corrected chi connectivity index (χ3v) is 3.37. The smallest absolute Gasteiger partial charge is 0.387 e. The Morgan fingerprint density at radius 1 is 1.17 bits per heavy atom. The summed E-state index contributed by atoms with van der Waals surface area (Å²) in [5.41, 5.74) is 1.88. The Bertz CT molecular complexity index is 618. The van der Waals surface area contributed by atoms with Gasteiger partial charge in [0.1, 0.15) is 5.75 Å². The van der Waals surface area contributed by atoms with Crippen LogP contribution in [0.15, 0.2) is 48.8 Å². The van der Waals surface area contributed by atoms with Crippen molar-refractivity contribution in [1.82, 2.24) is 10.3 Å². The van der Waals surface area contributed by atoms with Gasteiger partial charge in [0.25, 0.3) is 0 Å². The highest BCUT2D eigenvalue weighted by Gasteiger charge is 2.09. The quantitative estimate of drug-likeness (QED) is 0.849. The molecule has 1 amide bonds. The largest absolute Gasteiger partial charge is 0.435 e. The lowest BCUT2D eigenvalue weighted by atomic mass is 10.1. The third kappa shape index (κ3) is 5.65. The van der Waals surface area contributed by atoms with E-state index in [1.165, 1.54) is 12.1 Å². The summed E-state index contributed by atoms with van der Waals surface area (Å²) in [7, 11) is 0. The first kappa shape index (κ1) is 16.9. The van der Waals surface area contributed by atoms with Crippen molar-refractivity contribution >= 4 is 5.91 Å². The Morgan fingerprint density at radius 3 is 2.43 bits per heavy atom. The van der Waals surface area contributed by atoms with Gasteiger partial charge in [-0.2, -0.15) is 8.78 Å². The van der Waals surface area contributed by atoms with Crippen LogP contribution in [-0.4, -0.2) is 17.5 Å². The third-order valence-electron chi connectivity index (χ3n) is 3.37. The molecule has 0 radical (unpaired) electrons. The molecule has 23 heavy (non-hydrogen) atoms. The molecule has 2 rings (SSSR count). The van der Waals surface area contributed by atoms with Gasteiger partial charge in [-0.05, 0) is 48.7 Å². The highest BCUT2D eigenvalue weighted by molar-refractivity contribution is 5.76. The molecule has 1 aromatic carbocycles. The number of ether oxygens (including phenoxy) is 1. The number of carbonyl (C=O) groups is 1. The van der Waals surface area contributed by atoms with Crippen LogP contribution in [0.1, 0.15) is 30.5 Å². The number of rotatable bonds is 7. The summed E-state index contributed by atoms with van der Waals surface area (Å²) in [6, 6.07) is 9.92. The number of hydrogen-bond donors (Lipinski definition) is 1. The molecule has 0 saturated carbocycles. The Morgan fingerprint density at radius 2 is 1.83 bits per heavy atom. The zero-order valence-corrected chi connectivity index (χ0v) is 12.7. The summed E-state index contributed by atoms with van der Waals surface area (Å²) in [5, 5.41) is 2.91. The molecule has 1 unspecified atom stereocenters. The minimum absolute atomic E-state index is 0.0674. The maximum Gasteiger partial charge on any atom is 0.387 e. The van der Waals surface area contributed by atoms with E-state index in [0.29, 0.717) is 12.8 Å². The average Bonchev–Trinajstić information content (AvgIpc) is 2.54. The van der Waals surface area contributed by atoms with E-state index in [1.807, 2.05) is 19.1 Å². The molecule has 0 fully saturated rings. The summed E-state index contributed by atoms with van der Waals surface area (Å²) >= 11 is 0. The minimum Gasteiger partial charge on any atom is -0.435 e. The molecule has 4 nitrogen and oxygen atoms in total. The van der Waals surface area contributed by atoms with Crippen molar-refractivity contribution in [3.8, 4) is 5.75 Å². The molecule has 0 spiro atoms. The van der Waals surface area contributed by atoms with Crippen molar-refractivity contribution in [2.24, 2.45) is 0 Å². The predicted molar refractivity (Wildman–Crippen MR) is 82.2 cm³/mol. The minimum atomic E-state index is -2.83. The van der Waals surface area contributed by atoms with E-state index in [4.69, 9.17) is 0 Å². The maximum atomic E-state index is 12.1. The van der Waals surface area contributed by atoms with Crippen LogP contribution in [0.5, 0.6) is 5.75 Å². The summed E-state index contributed by atoms with van der Waals surface area (Å²) in [5.74, 6) is 0.0433. The Labute approximate surface area is 133 Å². The normalized spacial score (nSPS) is 12.0. The lowest BCUT2D eigenvalue weighted by Gasteiger charge is -2.14.